The van der Waals surface area contributed by atoms with E-state index in [1.165, 1.54) is 10.6 Å². The Morgan fingerprint density at radius 1 is 1.36 bits per heavy atom. The van der Waals surface area contributed by atoms with Gasteiger partial charge in [-0.15, -0.1) is 0 Å². The Balaban J connectivity index is 2.18. The summed E-state index contributed by atoms with van der Waals surface area (Å²) in [5.74, 6) is 0.0335. The van der Waals surface area contributed by atoms with E-state index >= 15 is 0 Å². The number of carbonyl (C=O) groups is 1. The normalized spacial score (nSPS) is 16.0. The van der Waals surface area contributed by atoms with E-state index in [1.807, 2.05) is 30.3 Å². The van der Waals surface area contributed by atoms with Crippen molar-refractivity contribution in [3.63, 3.8) is 0 Å². The van der Waals surface area contributed by atoms with Crippen LogP contribution in [-0.4, -0.2) is 22.1 Å². The van der Waals surface area contributed by atoms with Crippen LogP contribution in [0.4, 0.5) is 5.82 Å². The van der Waals surface area contributed by atoms with Gasteiger partial charge < -0.3 is 10.5 Å². The number of anilines is 1. The van der Waals surface area contributed by atoms with Crippen molar-refractivity contribution in [2.24, 2.45) is 0 Å². The van der Waals surface area contributed by atoms with Crippen LogP contribution in [0.1, 0.15) is 24.4 Å². The van der Waals surface area contributed by atoms with E-state index in [4.69, 9.17) is 10.5 Å². The molecular formula is C16H15N3O3. The van der Waals surface area contributed by atoms with Gasteiger partial charge in [-0.2, -0.15) is 0 Å². The molecule has 0 bridgehead atoms. The molecule has 1 aromatic heterocycles. The number of ether oxygens (including phenoxy) is 1. The van der Waals surface area contributed by atoms with Gasteiger partial charge in [0.15, 0.2) is 0 Å². The molecule has 0 amide bonds. The number of nitrogens with zero attached hydrogens (tertiary/aromatic N) is 2. The van der Waals surface area contributed by atoms with Gasteiger partial charge in [0.2, 0.25) is 0 Å². The van der Waals surface area contributed by atoms with Crippen molar-refractivity contribution in [1.29, 1.82) is 0 Å². The number of carbonyl (C=O) groups excluding carboxylic acids is 1. The summed E-state index contributed by atoms with van der Waals surface area (Å²) in [6, 6.07) is 10.00. The highest BCUT2D eigenvalue weighted by Gasteiger charge is 2.33. The van der Waals surface area contributed by atoms with Crippen molar-refractivity contribution in [2.45, 2.75) is 13.0 Å². The summed E-state index contributed by atoms with van der Waals surface area (Å²) in [6.07, 6.45) is 1.56. The van der Waals surface area contributed by atoms with Gasteiger partial charge >= 0.3 is 5.97 Å². The van der Waals surface area contributed by atoms with Crippen LogP contribution in [0.3, 0.4) is 0 Å². The molecule has 0 saturated heterocycles. The van der Waals surface area contributed by atoms with Crippen LogP contribution >= 0.6 is 0 Å². The minimum absolute atomic E-state index is 0.129. The first-order chi connectivity index (χ1) is 10.6. The number of hydrogen-bond acceptors (Lipinski definition) is 5. The lowest BCUT2D eigenvalue weighted by Gasteiger charge is -2.18. The fourth-order valence-electron chi connectivity index (χ4n) is 2.59. The maximum Gasteiger partial charge on any atom is 0.336 e. The minimum Gasteiger partial charge on any atom is -0.463 e. The SMILES string of the molecule is CCOC(=O)C1=Cc2nc(N)cc(=O)n2C1c1ccccc1. The first-order valence-electron chi connectivity index (χ1n) is 6.94. The van der Waals surface area contributed by atoms with Gasteiger partial charge in [-0.25, -0.2) is 9.78 Å². The summed E-state index contributed by atoms with van der Waals surface area (Å²) in [6.45, 7) is 2.00. The molecule has 2 heterocycles. The van der Waals surface area contributed by atoms with Gasteiger partial charge in [0.25, 0.3) is 5.56 Å². The van der Waals surface area contributed by atoms with Crippen LogP contribution in [0.2, 0.25) is 0 Å². The molecule has 22 heavy (non-hydrogen) atoms. The largest absolute Gasteiger partial charge is 0.463 e. The number of esters is 1. The third-order valence-electron chi connectivity index (χ3n) is 3.46. The lowest BCUT2D eigenvalue weighted by atomic mass is 10.0. The second-order valence-electron chi connectivity index (χ2n) is 4.88. The Hall–Kier alpha value is -2.89. The molecule has 3 rings (SSSR count). The molecule has 2 N–H and O–H groups in total. The molecule has 6 heteroatoms. The van der Waals surface area contributed by atoms with Crippen molar-refractivity contribution in [1.82, 2.24) is 9.55 Å². The van der Waals surface area contributed by atoms with E-state index in [0.29, 0.717) is 11.4 Å². The number of hydrogen-bond donors (Lipinski definition) is 1. The first kappa shape index (κ1) is 14.1. The van der Waals surface area contributed by atoms with Crippen molar-refractivity contribution < 1.29 is 9.53 Å². The van der Waals surface area contributed by atoms with Crippen molar-refractivity contribution in [3.8, 4) is 0 Å². The zero-order valence-electron chi connectivity index (χ0n) is 12.0. The predicted molar refractivity (Wildman–Crippen MR) is 82.1 cm³/mol. The van der Waals surface area contributed by atoms with Gasteiger partial charge in [0.1, 0.15) is 11.6 Å². The number of nitrogens with two attached hydrogens (primary N) is 1. The Labute approximate surface area is 126 Å². The maximum absolute atomic E-state index is 12.3. The van der Waals surface area contributed by atoms with E-state index in [9.17, 15) is 9.59 Å². The highest BCUT2D eigenvalue weighted by Crippen LogP contribution is 2.33. The summed E-state index contributed by atoms with van der Waals surface area (Å²) in [4.78, 5) is 28.7. The van der Waals surface area contributed by atoms with Gasteiger partial charge in [0.05, 0.1) is 18.2 Å². The van der Waals surface area contributed by atoms with Crippen LogP contribution in [0.5, 0.6) is 0 Å². The summed E-state index contributed by atoms with van der Waals surface area (Å²) >= 11 is 0. The number of benzene rings is 1. The Morgan fingerprint density at radius 2 is 2.09 bits per heavy atom. The molecule has 0 saturated carbocycles. The van der Waals surface area contributed by atoms with E-state index < -0.39 is 12.0 Å². The van der Waals surface area contributed by atoms with Gasteiger partial charge in [0, 0.05) is 6.07 Å². The number of rotatable bonds is 3. The Bertz CT molecular complexity index is 809. The average molecular weight is 297 g/mol. The predicted octanol–water partition coefficient (Wildman–Crippen LogP) is 1.38. The Kier molecular flexibility index (Phi) is 3.50. The Morgan fingerprint density at radius 3 is 2.77 bits per heavy atom. The molecular weight excluding hydrogens is 282 g/mol. The van der Waals surface area contributed by atoms with Crippen molar-refractivity contribution in [2.75, 3.05) is 12.3 Å². The highest BCUT2D eigenvalue weighted by atomic mass is 16.5. The quantitative estimate of drug-likeness (QED) is 0.865. The van der Waals surface area contributed by atoms with Crippen molar-refractivity contribution in [3.05, 3.63) is 63.7 Å². The van der Waals surface area contributed by atoms with Gasteiger partial charge in [-0.05, 0) is 18.6 Å². The van der Waals surface area contributed by atoms with Crippen LogP contribution in [-0.2, 0) is 9.53 Å². The third-order valence-corrected chi connectivity index (χ3v) is 3.46. The van der Waals surface area contributed by atoms with Gasteiger partial charge in [-0.1, -0.05) is 30.3 Å². The molecule has 0 aliphatic carbocycles. The zero-order valence-corrected chi connectivity index (χ0v) is 12.0. The smallest absolute Gasteiger partial charge is 0.336 e. The second-order valence-corrected chi connectivity index (χ2v) is 4.88. The summed E-state index contributed by atoms with van der Waals surface area (Å²) in [5, 5.41) is 0. The third kappa shape index (κ3) is 2.28. The topological polar surface area (TPSA) is 87.2 Å². The number of nitrogen functional groups attached to an aromatic ring is 1. The molecule has 1 atom stereocenters. The molecule has 1 aliphatic heterocycles. The summed E-state index contributed by atoms with van der Waals surface area (Å²) < 4.78 is 6.55. The fourth-order valence-corrected chi connectivity index (χ4v) is 2.59. The van der Waals surface area contributed by atoms with Crippen LogP contribution in [0.15, 0.2) is 46.8 Å². The van der Waals surface area contributed by atoms with Gasteiger partial charge in [-0.3, -0.25) is 9.36 Å². The maximum atomic E-state index is 12.3. The van der Waals surface area contributed by atoms with Crippen LogP contribution < -0.4 is 11.3 Å². The molecule has 0 spiro atoms. The lowest BCUT2D eigenvalue weighted by molar-refractivity contribution is -0.138. The molecule has 1 aromatic carbocycles. The highest BCUT2D eigenvalue weighted by molar-refractivity contribution is 5.96. The molecule has 1 unspecified atom stereocenters. The van der Waals surface area contributed by atoms with Crippen molar-refractivity contribution >= 4 is 17.9 Å². The minimum atomic E-state index is -0.546. The average Bonchev–Trinajstić information content (AvgIpc) is 2.88. The van der Waals surface area contributed by atoms with E-state index in [1.54, 1.807) is 13.0 Å². The fraction of sp³-hybridized carbons (Fsp3) is 0.188. The lowest BCUT2D eigenvalue weighted by Crippen LogP contribution is -2.28. The summed E-state index contributed by atoms with van der Waals surface area (Å²) in [5.41, 5.74) is 6.52. The monoisotopic (exact) mass is 297 g/mol. The molecule has 0 radical (unpaired) electrons. The second kappa shape index (κ2) is 5.48. The molecule has 6 nitrogen and oxygen atoms in total. The first-order valence-corrected chi connectivity index (χ1v) is 6.94. The molecule has 112 valence electrons. The van der Waals surface area contributed by atoms with E-state index in [-0.39, 0.29) is 18.0 Å². The number of fused-ring (bicyclic) bond motifs is 1. The van der Waals surface area contributed by atoms with Crippen LogP contribution in [0.25, 0.3) is 6.08 Å². The molecule has 1 aliphatic rings. The van der Waals surface area contributed by atoms with E-state index in [2.05, 4.69) is 4.98 Å². The number of aromatic nitrogens is 2. The van der Waals surface area contributed by atoms with E-state index in [0.717, 1.165) is 5.56 Å². The zero-order chi connectivity index (χ0) is 15.7. The summed E-state index contributed by atoms with van der Waals surface area (Å²) in [7, 11) is 0. The molecule has 0 fully saturated rings. The van der Waals surface area contributed by atoms with Crippen LogP contribution in [0, 0.1) is 0 Å². The molecule has 2 aromatic rings. The standard InChI is InChI=1S/C16H15N3O3/c1-2-22-16(21)11-8-13-18-12(17)9-14(20)19(13)15(11)10-6-4-3-5-7-10/h3-9,15H,2,17H2,1H3.